The maximum atomic E-state index is 10.7. The lowest BCUT2D eigenvalue weighted by Gasteiger charge is -2.11. The Labute approximate surface area is 90.4 Å². The van der Waals surface area contributed by atoms with E-state index in [0.29, 0.717) is 0 Å². The van der Waals surface area contributed by atoms with Gasteiger partial charge in [-0.3, -0.25) is 10.1 Å². The van der Waals surface area contributed by atoms with Gasteiger partial charge >= 0.3 is 5.69 Å². The van der Waals surface area contributed by atoms with Crippen LogP contribution in [0.1, 0.15) is 10.4 Å². The van der Waals surface area contributed by atoms with Gasteiger partial charge in [0.1, 0.15) is 5.75 Å². The molecule has 0 heterocycles. The van der Waals surface area contributed by atoms with Crippen molar-refractivity contribution in [1.82, 2.24) is 0 Å². The number of carbonyl (C=O) groups is 1. The Morgan fingerprint density at radius 1 is 1.25 bits per heavy atom. The third kappa shape index (κ3) is 2.02. The molecule has 0 amide bonds. The average Bonchev–Trinajstić information content (AvgIpc) is 2.26. The first kappa shape index (κ1) is 11.8. The second-order valence-electron chi connectivity index (χ2n) is 2.77. The standard InChI is InChI=1S/C9H9NO6/c1-15-7-4-8(16-2)6(10(13)14)3-5(7)9(11)12/h3-4H,1-2H3,(H,11,12)/p-1. The molecule has 0 N–H and O–H groups in total. The van der Waals surface area contributed by atoms with Crippen molar-refractivity contribution in [3.05, 3.63) is 27.8 Å². The van der Waals surface area contributed by atoms with Crippen molar-refractivity contribution in [1.29, 1.82) is 0 Å². The van der Waals surface area contributed by atoms with Crippen molar-refractivity contribution in [2.24, 2.45) is 0 Å². The molecular formula is C9H8NO6-. The van der Waals surface area contributed by atoms with E-state index in [1.54, 1.807) is 0 Å². The van der Waals surface area contributed by atoms with Gasteiger partial charge in [-0.05, 0) is 0 Å². The first-order valence-corrected chi connectivity index (χ1v) is 4.13. The highest BCUT2D eigenvalue weighted by Gasteiger charge is 2.19. The summed E-state index contributed by atoms with van der Waals surface area (Å²) in [4.78, 5) is 20.6. The van der Waals surface area contributed by atoms with Gasteiger partial charge in [-0.25, -0.2) is 0 Å². The van der Waals surface area contributed by atoms with Crippen molar-refractivity contribution in [2.75, 3.05) is 14.2 Å². The summed E-state index contributed by atoms with van der Waals surface area (Å²) in [5.41, 5.74) is -0.850. The van der Waals surface area contributed by atoms with Gasteiger partial charge < -0.3 is 19.4 Å². The van der Waals surface area contributed by atoms with Crippen molar-refractivity contribution in [3.63, 3.8) is 0 Å². The number of nitro groups is 1. The number of carboxylic acid groups (broad SMARTS) is 1. The quantitative estimate of drug-likeness (QED) is 0.528. The van der Waals surface area contributed by atoms with Gasteiger partial charge in [-0.15, -0.1) is 0 Å². The Hall–Kier alpha value is -2.31. The summed E-state index contributed by atoms with van der Waals surface area (Å²) < 4.78 is 9.51. The van der Waals surface area contributed by atoms with Gasteiger partial charge in [0.2, 0.25) is 5.75 Å². The molecule has 1 rings (SSSR count). The molecule has 0 fully saturated rings. The maximum Gasteiger partial charge on any atom is 0.311 e. The van der Waals surface area contributed by atoms with Crippen LogP contribution < -0.4 is 14.6 Å². The van der Waals surface area contributed by atoms with Crippen LogP contribution in [0.2, 0.25) is 0 Å². The van der Waals surface area contributed by atoms with Gasteiger partial charge in [-0.1, -0.05) is 0 Å². The van der Waals surface area contributed by atoms with Crippen molar-refractivity contribution >= 4 is 11.7 Å². The molecule has 0 aliphatic heterocycles. The number of hydrogen-bond donors (Lipinski definition) is 0. The van der Waals surface area contributed by atoms with E-state index in [1.165, 1.54) is 14.2 Å². The Morgan fingerprint density at radius 2 is 1.81 bits per heavy atom. The largest absolute Gasteiger partial charge is 0.545 e. The number of methoxy groups -OCH3 is 2. The van der Waals surface area contributed by atoms with Crippen LogP contribution in [0.25, 0.3) is 0 Å². The first-order chi connectivity index (χ1) is 7.51. The van der Waals surface area contributed by atoms with Crippen molar-refractivity contribution in [3.8, 4) is 11.5 Å². The number of hydrogen-bond acceptors (Lipinski definition) is 6. The lowest BCUT2D eigenvalue weighted by Crippen LogP contribution is -2.23. The van der Waals surface area contributed by atoms with Gasteiger partial charge in [-0.2, -0.15) is 0 Å². The predicted octanol–water partition coefficient (Wildman–Crippen LogP) is -0.0245. The summed E-state index contributed by atoms with van der Waals surface area (Å²) in [6, 6.07) is 1.97. The summed E-state index contributed by atoms with van der Waals surface area (Å²) in [6.45, 7) is 0. The number of nitro benzene ring substituents is 1. The van der Waals surface area contributed by atoms with Gasteiger partial charge in [0.25, 0.3) is 0 Å². The zero-order chi connectivity index (χ0) is 12.3. The summed E-state index contributed by atoms with van der Waals surface area (Å²) in [6.07, 6.45) is 0. The summed E-state index contributed by atoms with van der Waals surface area (Å²) in [7, 11) is 2.48. The lowest BCUT2D eigenvalue weighted by molar-refractivity contribution is -0.385. The van der Waals surface area contributed by atoms with E-state index < -0.39 is 22.1 Å². The van der Waals surface area contributed by atoms with Crippen LogP contribution in [0.4, 0.5) is 5.69 Å². The van der Waals surface area contributed by atoms with E-state index in [2.05, 4.69) is 0 Å². The van der Waals surface area contributed by atoms with Crippen LogP contribution in [0, 0.1) is 10.1 Å². The van der Waals surface area contributed by atoms with Crippen molar-refractivity contribution in [2.45, 2.75) is 0 Å². The highest BCUT2D eigenvalue weighted by molar-refractivity contribution is 5.90. The SMILES string of the molecule is COc1cc(OC)c([N+](=O)[O-])cc1C(=O)[O-]. The molecule has 0 atom stereocenters. The van der Waals surface area contributed by atoms with Gasteiger partial charge in [0.05, 0.1) is 25.1 Å². The molecule has 0 radical (unpaired) electrons. The van der Waals surface area contributed by atoms with Crippen LogP contribution in [0.5, 0.6) is 11.5 Å². The molecule has 0 bridgehead atoms. The van der Waals surface area contributed by atoms with E-state index >= 15 is 0 Å². The molecule has 0 aliphatic carbocycles. The van der Waals surface area contributed by atoms with Crippen LogP contribution in [0.15, 0.2) is 12.1 Å². The molecule has 16 heavy (non-hydrogen) atoms. The fraction of sp³-hybridized carbons (Fsp3) is 0.222. The Balaban J connectivity index is 3.46. The smallest absolute Gasteiger partial charge is 0.311 e. The second-order valence-corrected chi connectivity index (χ2v) is 2.77. The molecule has 86 valence electrons. The number of ether oxygens (including phenoxy) is 2. The molecule has 7 nitrogen and oxygen atoms in total. The van der Waals surface area contributed by atoms with E-state index in [9.17, 15) is 20.0 Å². The monoisotopic (exact) mass is 226 g/mol. The number of carboxylic acids is 1. The summed E-state index contributed by atoms with van der Waals surface area (Å²) >= 11 is 0. The first-order valence-electron chi connectivity index (χ1n) is 4.13. The zero-order valence-electron chi connectivity index (χ0n) is 8.55. The third-order valence-corrected chi connectivity index (χ3v) is 1.92. The van der Waals surface area contributed by atoms with E-state index in [-0.39, 0.29) is 11.5 Å². The van der Waals surface area contributed by atoms with Gasteiger partial charge in [0, 0.05) is 17.7 Å². The number of nitrogens with zero attached hydrogens (tertiary/aromatic N) is 1. The molecule has 0 aliphatic rings. The Kier molecular flexibility index (Phi) is 3.29. The number of benzene rings is 1. The Bertz CT molecular complexity index is 405. The highest BCUT2D eigenvalue weighted by atomic mass is 16.6. The van der Waals surface area contributed by atoms with Crippen LogP contribution in [-0.4, -0.2) is 25.1 Å². The minimum atomic E-state index is -1.55. The minimum Gasteiger partial charge on any atom is -0.545 e. The molecule has 0 saturated carbocycles. The van der Waals surface area contributed by atoms with E-state index in [4.69, 9.17) is 9.47 Å². The second kappa shape index (κ2) is 4.47. The topological polar surface area (TPSA) is 102 Å². The third-order valence-electron chi connectivity index (χ3n) is 1.92. The Morgan fingerprint density at radius 3 is 2.19 bits per heavy atom. The molecule has 0 spiro atoms. The lowest BCUT2D eigenvalue weighted by atomic mass is 10.1. The summed E-state index contributed by atoms with van der Waals surface area (Å²) in [5, 5.41) is 21.3. The molecular weight excluding hydrogens is 218 g/mol. The van der Waals surface area contributed by atoms with Crippen molar-refractivity contribution < 1.29 is 24.3 Å². The zero-order valence-corrected chi connectivity index (χ0v) is 8.55. The normalized spacial score (nSPS) is 9.62. The van der Waals surface area contributed by atoms with Crippen LogP contribution in [0.3, 0.4) is 0 Å². The van der Waals surface area contributed by atoms with E-state index in [0.717, 1.165) is 12.1 Å². The van der Waals surface area contributed by atoms with Crippen LogP contribution in [-0.2, 0) is 0 Å². The maximum absolute atomic E-state index is 10.7. The molecule has 0 aromatic heterocycles. The fourth-order valence-electron chi connectivity index (χ4n) is 1.18. The number of rotatable bonds is 4. The van der Waals surface area contributed by atoms with E-state index in [1.807, 2.05) is 0 Å². The summed E-state index contributed by atoms with van der Waals surface area (Å²) in [5.74, 6) is -1.68. The minimum absolute atomic E-state index is 0.0533. The molecule has 7 heteroatoms. The number of carbonyl (C=O) groups excluding carboxylic acids is 1. The van der Waals surface area contributed by atoms with Crippen LogP contribution >= 0.6 is 0 Å². The predicted molar refractivity (Wildman–Crippen MR) is 50.5 cm³/mol. The highest BCUT2D eigenvalue weighted by Crippen LogP contribution is 2.33. The average molecular weight is 226 g/mol. The molecule has 1 aromatic carbocycles. The molecule has 1 aromatic rings. The molecule has 0 saturated heterocycles. The fourth-order valence-corrected chi connectivity index (χ4v) is 1.18. The number of aromatic carboxylic acids is 1. The molecule has 0 unspecified atom stereocenters. The van der Waals surface area contributed by atoms with Gasteiger partial charge in [0.15, 0.2) is 0 Å².